The normalized spacial score (nSPS) is 18.0. The van der Waals surface area contributed by atoms with E-state index in [1.165, 1.54) is 11.8 Å². The van der Waals surface area contributed by atoms with Crippen molar-refractivity contribution in [2.45, 2.75) is 36.8 Å². The maximum Gasteiger partial charge on any atom is 0.230 e. The van der Waals surface area contributed by atoms with Gasteiger partial charge in [0.1, 0.15) is 17.1 Å². The van der Waals surface area contributed by atoms with Gasteiger partial charge in [0.15, 0.2) is 0 Å². The number of amides is 1. The molecule has 0 saturated heterocycles. The van der Waals surface area contributed by atoms with Gasteiger partial charge in [-0.05, 0) is 44.2 Å². The molecule has 3 rings (SSSR count). The zero-order valence-electron chi connectivity index (χ0n) is 14.7. The van der Waals surface area contributed by atoms with E-state index in [2.05, 4.69) is 5.32 Å². The van der Waals surface area contributed by atoms with Crippen LogP contribution in [0, 0.1) is 0 Å². The second-order valence-corrected chi connectivity index (χ2v) is 7.74. The molecule has 0 aliphatic carbocycles. The van der Waals surface area contributed by atoms with Gasteiger partial charge in [0.2, 0.25) is 5.91 Å². The number of carbonyl (C=O) groups excluding carboxylic acids is 1. The predicted octanol–water partition coefficient (Wildman–Crippen LogP) is 4.21. The van der Waals surface area contributed by atoms with Crippen molar-refractivity contribution in [2.75, 3.05) is 12.9 Å². The van der Waals surface area contributed by atoms with E-state index in [0.29, 0.717) is 5.75 Å². The van der Waals surface area contributed by atoms with Gasteiger partial charge < -0.3 is 14.8 Å². The SMILES string of the molecule is COc1ccc2c(c1)C(NC(=O)CSc1ccccc1)CC(C)(C)O2. The molecule has 0 radical (unpaired) electrons. The van der Waals surface area contributed by atoms with Gasteiger partial charge in [-0.25, -0.2) is 0 Å². The topological polar surface area (TPSA) is 47.6 Å². The number of ether oxygens (including phenoxy) is 2. The Hall–Kier alpha value is -2.14. The third kappa shape index (κ3) is 4.48. The van der Waals surface area contributed by atoms with Crippen molar-refractivity contribution in [2.24, 2.45) is 0 Å². The van der Waals surface area contributed by atoms with Crippen molar-refractivity contribution in [3.05, 3.63) is 54.1 Å². The number of fused-ring (bicyclic) bond motifs is 1. The van der Waals surface area contributed by atoms with Crippen molar-refractivity contribution >= 4 is 17.7 Å². The lowest BCUT2D eigenvalue weighted by molar-refractivity contribution is -0.119. The fourth-order valence-corrected chi connectivity index (χ4v) is 3.72. The molecular weight excluding hydrogens is 334 g/mol. The highest BCUT2D eigenvalue weighted by atomic mass is 32.2. The van der Waals surface area contributed by atoms with Crippen LogP contribution in [0.4, 0.5) is 0 Å². The summed E-state index contributed by atoms with van der Waals surface area (Å²) in [7, 11) is 1.64. The Morgan fingerprint density at radius 2 is 2.04 bits per heavy atom. The maximum absolute atomic E-state index is 12.5. The number of hydrogen-bond acceptors (Lipinski definition) is 4. The van der Waals surface area contributed by atoms with Gasteiger partial charge in [-0.2, -0.15) is 0 Å². The molecule has 1 N–H and O–H groups in total. The van der Waals surface area contributed by atoms with E-state index < -0.39 is 0 Å². The first-order valence-corrected chi connectivity index (χ1v) is 9.29. The van der Waals surface area contributed by atoms with E-state index in [1.54, 1.807) is 7.11 Å². The molecule has 0 aromatic heterocycles. The van der Waals surface area contributed by atoms with E-state index in [0.717, 1.165) is 28.4 Å². The molecule has 1 atom stereocenters. The Kier molecular flexibility index (Phi) is 5.23. The first-order valence-electron chi connectivity index (χ1n) is 8.31. The zero-order chi connectivity index (χ0) is 17.9. The molecule has 0 saturated carbocycles. The highest BCUT2D eigenvalue weighted by Crippen LogP contribution is 2.41. The van der Waals surface area contributed by atoms with E-state index in [4.69, 9.17) is 9.47 Å². The van der Waals surface area contributed by atoms with Crippen LogP contribution in [0.15, 0.2) is 53.4 Å². The summed E-state index contributed by atoms with van der Waals surface area (Å²) in [6, 6.07) is 15.6. The number of rotatable bonds is 5. The second kappa shape index (κ2) is 7.40. The van der Waals surface area contributed by atoms with Gasteiger partial charge in [-0.3, -0.25) is 4.79 Å². The van der Waals surface area contributed by atoms with Crippen LogP contribution >= 0.6 is 11.8 Å². The third-order valence-electron chi connectivity index (χ3n) is 4.12. The summed E-state index contributed by atoms with van der Waals surface area (Å²) < 4.78 is 11.4. The summed E-state index contributed by atoms with van der Waals surface area (Å²) in [6.07, 6.45) is 0.717. The van der Waals surface area contributed by atoms with Crippen molar-refractivity contribution in [3.63, 3.8) is 0 Å². The number of benzene rings is 2. The molecule has 25 heavy (non-hydrogen) atoms. The molecule has 4 nitrogen and oxygen atoms in total. The molecule has 132 valence electrons. The van der Waals surface area contributed by atoms with Crippen molar-refractivity contribution in [3.8, 4) is 11.5 Å². The van der Waals surface area contributed by atoms with Gasteiger partial charge in [0.05, 0.1) is 18.9 Å². The zero-order valence-corrected chi connectivity index (χ0v) is 15.6. The van der Waals surface area contributed by atoms with Crippen LogP contribution in [-0.2, 0) is 4.79 Å². The van der Waals surface area contributed by atoms with E-state index in [-0.39, 0.29) is 17.6 Å². The van der Waals surface area contributed by atoms with E-state index in [1.807, 2.05) is 62.4 Å². The summed E-state index contributed by atoms with van der Waals surface area (Å²) >= 11 is 1.54. The Morgan fingerprint density at radius 1 is 1.28 bits per heavy atom. The average molecular weight is 357 g/mol. The van der Waals surface area contributed by atoms with Gasteiger partial charge in [0.25, 0.3) is 0 Å². The minimum atomic E-state index is -0.327. The lowest BCUT2D eigenvalue weighted by atomic mass is 9.89. The Labute approximate surface area is 152 Å². The minimum Gasteiger partial charge on any atom is -0.497 e. The summed E-state index contributed by atoms with van der Waals surface area (Å²) in [5.41, 5.74) is 0.642. The van der Waals surface area contributed by atoms with Gasteiger partial charge in [0, 0.05) is 16.9 Å². The molecule has 1 aliphatic heterocycles. The molecule has 0 fully saturated rings. The number of methoxy groups -OCH3 is 1. The minimum absolute atomic E-state index is 0.0188. The van der Waals surface area contributed by atoms with Crippen LogP contribution in [0.5, 0.6) is 11.5 Å². The summed E-state index contributed by atoms with van der Waals surface area (Å²) in [5.74, 6) is 1.98. The first kappa shape index (κ1) is 17.7. The van der Waals surface area contributed by atoms with Crippen LogP contribution in [0.2, 0.25) is 0 Å². The number of carbonyl (C=O) groups is 1. The summed E-state index contributed by atoms with van der Waals surface area (Å²) in [6.45, 7) is 4.08. The second-order valence-electron chi connectivity index (χ2n) is 6.69. The van der Waals surface area contributed by atoms with E-state index >= 15 is 0 Å². The Balaban J connectivity index is 1.71. The first-order chi connectivity index (χ1) is 12.0. The molecule has 2 aromatic rings. The summed E-state index contributed by atoms with van der Waals surface area (Å²) in [5, 5.41) is 3.16. The molecule has 0 bridgehead atoms. The number of nitrogens with one attached hydrogen (secondary N) is 1. The molecule has 1 unspecified atom stereocenters. The predicted molar refractivity (Wildman–Crippen MR) is 100 cm³/mol. The fourth-order valence-electron chi connectivity index (χ4n) is 2.99. The molecule has 2 aromatic carbocycles. The van der Waals surface area contributed by atoms with Crippen molar-refractivity contribution in [1.29, 1.82) is 0 Å². The van der Waals surface area contributed by atoms with Gasteiger partial charge in [-0.15, -0.1) is 11.8 Å². The fraction of sp³-hybridized carbons (Fsp3) is 0.350. The van der Waals surface area contributed by atoms with Crippen LogP contribution in [0.3, 0.4) is 0 Å². The number of hydrogen-bond donors (Lipinski definition) is 1. The lowest BCUT2D eigenvalue weighted by Crippen LogP contribution is -2.41. The van der Waals surface area contributed by atoms with Crippen LogP contribution < -0.4 is 14.8 Å². The maximum atomic E-state index is 12.5. The molecule has 1 heterocycles. The van der Waals surface area contributed by atoms with Crippen LogP contribution in [0.25, 0.3) is 0 Å². The highest BCUT2D eigenvalue weighted by Gasteiger charge is 2.34. The highest BCUT2D eigenvalue weighted by molar-refractivity contribution is 8.00. The largest absolute Gasteiger partial charge is 0.497 e. The monoisotopic (exact) mass is 357 g/mol. The molecule has 1 amide bonds. The van der Waals surface area contributed by atoms with Crippen molar-refractivity contribution in [1.82, 2.24) is 5.32 Å². The Bertz CT molecular complexity index is 746. The molecule has 5 heteroatoms. The molecule has 1 aliphatic rings. The van der Waals surface area contributed by atoms with Gasteiger partial charge >= 0.3 is 0 Å². The summed E-state index contributed by atoms with van der Waals surface area (Å²) in [4.78, 5) is 13.5. The smallest absolute Gasteiger partial charge is 0.230 e. The molecular formula is C20H23NO3S. The quantitative estimate of drug-likeness (QED) is 0.815. The Morgan fingerprint density at radius 3 is 2.76 bits per heavy atom. The average Bonchev–Trinajstić information content (AvgIpc) is 2.60. The van der Waals surface area contributed by atoms with E-state index in [9.17, 15) is 4.79 Å². The lowest BCUT2D eigenvalue weighted by Gasteiger charge is -2.38. The van der Waals surface area contributed by atoms with Crippen LogP contribution in [-0.4, -0.2) is 24.4 Å². The molecule has 0 spiro atoms. The standard InChI is InChI=1S/C20H23NO3S/c1-20(2)12-17(16-11-14(23-3)9-10-18(16)24-20)21-19(22)13-25-15-7-5-4-6-8-15/h4-11,17H,12-13H2,1-3H3,(H,21,22). The van der Waals surface area contributed by atoms with Crippen molar-refractivity contribution < 1.29 is 14.3 Å². The van der Waals surface area contributed by atoms with Crippen LogP contribution in [0.1, 0.15) is 31.9 Å². The van der Waals surface area contributed by atoms with Gasteiger partial charge in [-0.1, -0.05) is 18.2 Å². The third-order valence-corrected chi connectivity index (χ3v) is 5.13. The number of thioether (sulfide) groups is 1.